The summed E-state index contributed by atoms with van der Waals surface area (Å²) >= 11 is 0. The number of nitrogen functional groups attached to an aromatic ring is 1. The Labute approximate surface area is 108 Å². The van der Waals surface area contributed by atoms with Crippen molar-refractivity contribution in [2.24, 2.45) is 0 Å². The number of nitrogens with zero attached hydrogens (tertiary/aromatic N) is 3. The molecule has 9 nitrogen and oxygen atoms in total. The predicted octanol–water partition coefficient (Wildman–Crippen LogP) is -2.39. The van der Waals surface area contributed by atoms with E-state index in [0.717, 1.165) is 10.9 Å². The Bertz CT molecular complexity index is 515. The summed E-state index contributed by atoms with van der Waals surface area (Å²) in [6, 6.07) is 0. The number of ether oxygens (including phenoxy) is 1. The number of anilines is 1. The van der Waals surface area contributed by atoms with Crippen LogP contribution in [0.2, 0.25) is 0 Å². The van der Waals surface area contributed by atoms with E-state index in [1.807, 2.05) is 0 Å². The third-order valence-corrected chi connectivity index (χ3v) is 3.40. The molecule has 0 saturated carbocycles. The van der Waals surface area contributed by atoms with Gasteiger partial charge in [0.1, 0.15) is 24.1 Å². The Morgan fingerprint density at radius 1 is 1.58 bits per heavy atom. The number of nitrogens with two attached hydrogens (primary N) is 1. The largest absolute Gasteiger partial charge is 0.393 e. The Morgan fingerprint density at radius 2 is 2.26 bits per heavy atom. The normalized spacial score (nSPS) is 34.6. The van der Waals surface area contributed by atoms with Gasteiger partial charge in [0.15, 0.2) is 6.23 Å². The van der Waals surface area contributed by atoms with Crippen molar-refractivity contribution in [1.29, 1.82) is 0 Å². The molecular weight excluding hydrogens is 256 g/mol. The zero-order valence-electron chi connectivity index (χ0n) is 10.3. The fraction of sp³-hybridized carbons (Fsp3) is 0.700. The van der Waals surface area contributed by atoms with E-state index in [2.05, 4.69) is 9.97 Å². The summed E-state index contributed by atoms with van der Waals surface area (Å²) in [4.78, 5) is 18.7. The Balaban J connectivity index is 2.39. The molecule has 2 rings (SSSR count). The van der Waals surface area contributed by atoms with E-state index in [1.54, 1.807) is 6.92 Å². The molecule has 4 atom stereocenters. The van der Waals surface area contributed by atoms with Crippen LogP contribution < -0.4 is 11.4 Å². The maximum Gasteiger partial charge on any atom is 0.354 e. The molecule has 0 spiro atoms. The number of aromatic nitrogens is 3. The Kier molecular flexibility index (Phi) is 3.54. The minimum atomic E-state index is -1.38. The molecule has 1 saturated heterocycles. The van der Waals surface area contributed by atoms with E-state index in [0.29, 0.717) is 0 Å². The highest BCUT2D eigenvalue weighted by atomic mass is 16.6. The van der Waals surface area contributed by atoms with Crippen molar-refractivity contribution in [2.45, 2.75) is 37.4 Å². The van der Waals surface area contributed by atoms with Gasteiger partial charge in [-0.1, -0.05) is 6.92 Å². The monoisotopic (exact) mass is 272 g/mol. The third-order valence-electron chi connectivity index (χ3n) is 3.40. The first kappa shape index (κ1) is 13.9. The van der Waals surface area contributed by atoms with Crippen LogP contribution in [0.3, 0.4) is 0 Å². The zero-order chi connectivity index (χ0) is 14.2. The lowest BCUT2D eigenvalue weighted by Crippen LogP contribution is -2.45. The van der Waals surface area contributed by atoms with Gasteiger partial charge < -0.3 is 25.8 Å². The van der Waals surface area contributed by atoms with Gasteiger partial charge in [0.05, 0.1) is 6.61 Å². The van der Waals surface area contributed by atoms with Crippen molar-refractivity contribution in [3.05, 3.63) is 16.8 Å². The average Bonchev–Trinajstić information content (AvgIpc) is 2.64. The molecule has 106 valence electrons. The highest BCUT2D eigenvalue weighted by Gasteiger charge is 2.53. The molecule has 9 heteroatoms. The van der Waals surface area contributed by atoms with E-state index in [9.17, 15) is 20.1 Å². The maximum atomic E-state index is 11.7. The minimum absolute atomic E-state index is 0.196. The van der Waals surface area contributed by atoms with E-state index >= 15 is 0 Å². The molecule has 1 aliphatic heterocycles. The van der Waals surface area contributed by atoms with Gasteiger partial charge in [0.2, 0.25) is 5.95 Å². The van der Waals surface area contributed by atoms with E-state index < -0.39 is 36.3 Å². The van der Waals surface area contributed by atoms with E-state index in [1.165, 1.54) is 0 Å². The highest BCUT2D eigenvalue weighted by molar-refractivity contribution is 5.10. The summed E-state index contributed by atoms with van der Waals surface area (Å²) in [6.45, 7) is 1.21. The fourth-order valence-corrected chi connectivity index (χ4v) is 2.13. The van der Waals surface area contributed by atoms with Gasteiger partial charge in [-0.2, -0.15) is 4.98 Å². The first-order valence-electron chi connectivity index (χ1n) is 5.80. The molecule has 2 heterocycles. The fourth-order valence-electron chi connectivity index (χ4n) is 2.13. The molecule has 2 unspecified atom stereocenters. The van der Waals surface area contributed by atoms with Crippen molar-refractivity contribution in [3.8, 4) is 0 Å². The van der Waals surface area contributed by atoms with Gasteiger partial charge >= 0.3 is 5.69 Å². The quantitative estimate of drug-likeness (QED) is 0.477. The molecule has 0 bridgehead atoms. The topological polar surface area (TPSA) is 144 Å². The molecule has 1 aromatic heterocycles. The van der Waals surface area contributed by atoms with Gasteiger partial charge in [-0.05, 0) is 6.42 Å². The molecule has 0 aromatic carbocycles. The van der Waals surface area contributed by atoms with Crippen LogP contribution in [-0.2, 0) is 4.74 Å². The number of aliphatic hydroxyl groups is 3. The van der Waals surface area contributed by atoms with E-state index in [4.69, 9.17) is 10.5 Å². The summed E-state index contributed by atoms with van der Waals surface area (Å²) < 4.78 is 6.40. The second-order valence-corrected chi connectivity index (χ2v) is 4.42. The lowest BCUT2D eigenvalue weighted by atomic mass is 9.93. The van der Waals surface area contributed by atoms with Crippen molar-refractivity contribution >= 4 is 5.95 Å². The minimum Gasteiger partial charge on any atom is -0.393 e. The molecule has 5 N–H and O–H groups in total. The van der Waals surface area contributed by atoms with Gasteiger partial charge in [-0.3, -0.25) is 4.57 Å². The molecule has 0 radical (unpaired) electrons. The molecule has 0 amide bonds. The van der Waals surface area contributed by atoms with Gasteiger partial charge in [0.25, 0.3) is 0 Å². The van der Waals surface area contributed by atoms with Crippen LogP contribution in [-0.4, -0.2) is 54.3 Å². The van der Waals surface area contributed by atoms with Gasteiger partial charge in [0, 0.05) is 0 Å². The standard InChI is InChI=1S/C10H16N4O5/c1-2-10(3-15)6(17)5(16)7(19-10)14-4-12-8(11)13-9(14)18/h4-7,15-17H,2-3H2,1H3,(H2,11,13,18)/t5?,6?,7-,10-/m1/s1. The van der Waals surface area contributed by atoms with Crippen LogP contribution in [0.4, 0.5) is 5.95 Å². The lowest BCUT2D eigenvalue weighted by Gasteiger charge is -2.28. The molecule has 19 heavy (non-hydrogen) atoms. The highest BCUT2D eigenvalue weighted by Crippen LogP contribution is 2.38. The predicted molar refractivity (Wildman–Crippen MR) is 62.9 cm³/mol. The zero-order valence-corrected chi connectivity index (χ0v) is 10.3. The van der Waals surface area contributed by atoms with Gasteiger partial charge in [-0.25, -0.2) is 9.78 Å². The summed E-state index contributed by atoms with van der Waals surface area (Å²) in [5, 5.41) is 29.3. The molecule has 1 aromatic rings. The Hall–Kier alpha value is -1.55. The number of aliphatic hydroxyl groups excluding tert-OH is 3. The average molecular weight is 272 g/mol. The SMILES string of the molecule is CC[C@]1(CO)O[C@@H](n2cnc(N)nc2=O)C(O)C1O. The molecule has 1 fully saturated rings. The van der Waals surface area contributed by atoms with Crippen LogP contribution in [0.5, 0.6) is 0 Å². The summed E-state index contributed by atoms with van der Waals surface area (Å²) in [7, 11) is 0. The number of rotatable bonds is 3. The first-order chi connectivity index (χ1) is 8.95. The smallest absolute Gasteiger partial charge is 0.354 e. The van der Waals surface area contributed by atoms with Crippen molar-refractivity contribution < 1.29 is 20.1 Å². The first-order valence-corrected chi connectivity index (χ1v) is 5.80. The lowest BCUT2D eigenvalue weighted by molar-refractivity contribution is -0.131. The van der Waals surface area contributed by atoms with Crippen LogP contribution in [0.15, 0.2) is 11.1 Å². The van der Waals surface area contributed by atoms with Crippen LogP contribution in [0.25, 0.3) is 0 Å². The molecular formula is C10H16N4O5. The summed E-state index contributed by atoms with van der Waals surface area (Å²) in [6.07, 6.45) is -2.53. The van der Waals surface area contributed by atoms with Gasteiger partial charge in [-0.15, -0.1) is 0 Å². The van der Waals surface area contributed by atoms with Crippen molar-refractivity contribution in [2.75, 3.05) is 12.3 Å². The van der Waals surface area contributed by atoms with Crippen molar-refractivity contribution in [1.82, 2.24) is 14.5 Å². The second kappa shape index (κ2) is 4.85. The summed E-state index contributed by atoms with van der Waals surface area (Å²) in [5.41, 5.74) is 3.20. The Morgan fingerprint density at radius 3 is 2.74 bits per heavy atom. The number of hydrogen-bond acceptors (Lipinski definition) is 8. The van der Waals surface area contributed by atoms with Crippen LogP contribution in [0, 0.1) is 0 Å². The second-order valence-electron chi connectivity index (χ2n) is 4.42. The van der Waals surface area contributed by atoms with Crippen LogP contribution in [0.1, 0.15) is 19.6 Å². The van der Waals surface area contributed by atoms with Crippen molar-refractivity contribution in [3.63, 3.8) is 0 Å². The molecule has 0 aliphatic carbocycles. The third kappa shape index (κ3) is 2.10. The van der Waals surface area contributed by atoms with E-state index in [-0.39, 0.29) is 12.4 Å². The maximum absolute atomic E-state index is 11.7. The van der Waals surface area contributed by atoms with Crippen LogP contribution >= 0.6 is 0 Å². The number of hydrogen-bond donors (Lipinski definition) is 4. The summed E-state index contributed by atoms with van der Waals surface area (Å²) in [5.74, 6) is -0.196. The molecule has 1 aliphatic rings.